The van der Waals surface area contributed by atoms with Gasteiger partial charge in [-0.2, -0.15) is 0 Å². The molecule has 148 valence electrons. The van der Waals surface area contributed by atoms with Crippen molar-refractivity contribution in [1.82, 2.24) is 0 Å². The van der Waals surface area contributed by atoms with Crippen LogP contribution in [0, 0.1) is 13.8 Å². The fourth-order valence-corrected chi connectivity index (χ4v) is 3.30. The zero-order chi connectivity index (χ0) is 20.6. The Morgan fingerprint density at radius 1 is 0.897 bits per heavy atom. The average Bonchev–Trinajstić information content (AvgIpc) is 2.72. The van der Waals surface area contributed by atoms with E-state index in [-0.39, 0.29) is 5.97 Å². The number of anilines is 3. The van der Waals surface area contributed by atoms with Crippen LogP contribution in [0.5, 0.6) is 0 Å². The lowest BCUT2D eigenvalue weighted by Gasteiger charge is -2.26. The zero-order valence-electron chi connectivity index (χ0n) is 17.1. The Kier molecular flexibility index (Phi) is 6.85. The van der Waals surface area contributed by atoms with Crippen LogP contribution in [0.2, 0.25) is 0 Å². The molecular formula is C26H27NO2. The van der Waals surface area contributed by atoms with Gasteiger partial charge >= 0.3 is 5.97 Å². The molecule has 0 aliphatic rings. The third-order valence-electron chi connectivity index (χ3n) is 4.74. The van der Waals surface area contributed by atoms with E-state index in [4.69, 9.17) is 4.74 Å². The minimum Gasteiger partial charge on any atom is -0.463 e. The summed E-state index contributed by atoms with van der Waals surface area (Å²) in [6, 6.07) is 25.7. The second kappa shape index (κ2) is 9.74. The quantitative estimate of drug-likeness (QED) is 0.254. The highest BCUT2D eigenvalue weighted by Crippen LogP contribution is 2.35. The Balaban J connectivity index is 1.81. The van der Waals surface area contributed by atoms with Crippen molar-refractivity contribution in [2.75, 3.05) is 11.5 Å². The summed E-state index contributed by atoms with van der Waals surface area (Å²) in [7, 11) is 0. The molecule has 3 rings (SSSR count). The molecule has 0 aliphatic carbocycles. The molecule has 3 aromatic rings. The number of hydrogen-bond donors (Lipinski definition) is 0. The lowest BCUT2D eigenvalue weighted by Crippen LogP contribution is -2.10. The fourth-order valence-electron chi connectivity index (χ4n) is 3.30. The maximum Gasteiger partial charge on any atom is 0.330 e. The van der Waals surface area contributed by atoms with Crippen LogP contribution in [0.1, 0.15) is 23.1 Å². The third-order valence-corrected chi connectivity index (χ3v) is 4.74. The molecule has 0 atom stereocenters. The Morgan fingerprint density at radius 2 is 1.48 bits per heavy atom. The molecule has 29 heavy (non-hydrogen) atoms. The summed E-state index contributed by atoms with van der Waals surface area (Å²) in [5, 5.41) is 0. The van der Waals surface area contributed by atoms with Crippen molar-refractivity contribution >= 4 is 23.0 Å². The maximum atomic E-state index is 11.1. The molecule has 0 saturated heterocycles. The van der Waals surface area contributed by atoms with Crippen LogP contribution in [0.25, 0.3) is 0 Å². The van der Waals surface area contributed by atoms with E-state index in [0.29, 0.717) is 6.61 Å². The van der Waals surface area contributed by atoms with Gasteiger partial charge < -0.3 is 9.64 Å². The van der Waals surface area contributed by atoms with Crippen LogP contribution >= 0.6 is 0 Å². The third kappa shape index (κ3) is 5.58. The summed E-state index contributed by atoms with van der Waals surface area (Å²) in [5.74, 6) is -0.368. The predicted octanol–water partition coefficient (Wildman–Crippen LogP) is 6.44. The highest BCUT2D eigenvalue weighted by atomic mass is 16.5. The molecule has 0 radical (unpaired) electrons. The lowest BCUT2D eigenvalue weighted by atomic mass is 10.1. The van der Waals surface area contributed by atoms with Crippen LogP contribution in [0.4, 0.5) is 17.1 Å². The van der Waals surface area contributed by atoms with Crippen molar-refractivity contribution in [3.05, 3.63) is 102 Å². The van der Waals surface area contributed by atoms with Gasteiger partial charge in [0.1, 0.15) is 0 Å². The SMILES string of the molecule is C=CC(=O)OCCCc1ccc(N(c2cccc(C)c2)c2cccc(C)c2)cc1. The number of carbonyl (C=O) groups excluding carboxylic acids is 1. The van der Waals surface area contributed by atoms with Crippen molar-refractivity contribution in [1.29, 1.82) is 0 Å². The van der Waals surface area contributed by atoms with Crippen LogP contribution < -0.4 is 4.90 Å². The van der Waals surface area contributed by atoms with Crippen molar-refractivity contribution in [2.45, 2.75) is 26.7 Å². The van der Waals surface area contributed by atoms with Crippen molar-refractivity contribution in [3.8, 4) is 0 Å². The summed E-state index contributed by atoms with van der Waals surface area (Å²) in [5.41, 5.74) is 7.07. The molecule has 0 fully saturated rings. The predicted molar refractivity (Wildman–Crippen MR) is 120 cm³/mol. The highest BCUT2D eigenvalue weighted by molar-refractivity contribution is 5.81. The molecule has 3 heteroatoms. The van der Waals surface area contributed by atoms with Crippen LogP contribution in [0.3, 0.4) is 0 Å². The van der Waals surface area contributed by atoms with E-state index in [9.17, 15) is 4.79 Å². The summed E-state index contributed by atoms with van der Waals surface area (Å²) in [6.45, 7) is 8.04. The van der Waals surface area contributed by atoms with Crippen LogP contribution in [0.15, 0.2) is 85.5 Å². The van der Waals surface area contributed by atoms with E-state index in [1.54, 1.807) is 0 Å². The van der Waals surface area contributed by atoms with Gasteiger partial charge in [-0.25, -0.2) is 4.79 Å². The van der Waals surface area contributed by atoms with Gasteiger partial charge in [-0.15, -0.1) is 0 Å². The smallest absolute Gasteiger partial charge is 0.330 e. The van der Waals surface area contributed by atoms with Gasteiger partial charge in [0.15, 0.2) is 0 Å². The van der Waals surface area contributed by atoms with Crippen molar-refractivity contribution < 1.29 is 9.53 Å². The molecule has 0 heterocycles. The number of ether oxygens (including phenoxy) is 1. The van der Waals surface area contributed by atoms with Gasteiger partial charge in [-0.3, -0.25) is 0 Å². The monoisotopic (exact) mass is 385 g/mol. The van der Waals surface area contributed by atoms with Crippen molar-refractivity contribution in [2.24, 2.45) is 0 Å². The van der Waals surface area contributed by atoms with Gasteiger partial charge in [0.05, 0.1) is 6.61 Å². The van der Waals surface area contributed by atoms with Gasteiger partial charge in [0.2, 0.25) is 0 Å². The molecule has 0 saturated carbocycles. The minimum absolute atomic E-state index is 0.368. The number of carbonyl (C=O) groups is 1. The van der Waals surface area contributed by atoms with Crippen LogP contribution in [-0.4, -0.2) is 12.6 Å². The van der Waals surface area contributed by atoms with Crippen LogP contribution in [-0.2, 0) is 16.0 Å². The summed E-state index contributed by atoms with van der Waals surface area (Å²) in [4.78, 5) is 13.4. The largest absolute Gasteiger partial charge is 0.463 e. The first-order valence-corrected chi connectivity index (χ1v) is 9.88. The van der Waals surface area contributed by atoms with E-state index in [1.807, 2.05) is 0 Å². The maximum absolute atomic E-state index is 11.1. The Hall–Kier alpha value is -3.33. The second-order valence-electron chi connectivity index (χ2n) is 7.16. The normalized spacial score (nSPS) is 10.4. The number of nitrogens with zero attached hydrogens (tertiary/aromatic N) is 1. The number of rotatable bonds is 8. The minimum atomic E-state index is -0.368. The van der Waals surface area contributed by atoms with E-state index < -0.39 is 0 Å². The number of esters is 1. The van der Waals surface area contributed by atoms with E-state index in [1.165, 1.54) is 22.8 Å². The molecule has 0 bridgehead atoms. The van der Waals surface area contributed by atoms with E-state index in [2.05, 4.69) is 98.1 Å². The van der Waals surface area contributed by atoms with Gasteiger partial charge in [-0.1, -0.05) is 43.0 Å². The lowest BCUT2D eigenvalue weighted by molar-refractivity contribution is -0.137. The molecule has 0 spiro atoms. The number of benzene rings is 3. The molecule has 0 amide bonds. The molecule has 0 unspecified atom stereocenters. The summed E-state index contributed by atoms with van der Waals surface area (Å²) < 4.78 is 5.05. The topological polar surface area (TPSA) is 29.5 Å². The van der Waals surface area contributed by atoms with Gasteiger partial charge in [-0.05, 0) is 79.8 Å². The first-order chi connectivity index (χ1) is 14.1. The first kappa shape index (κ1) is 20.4. The van der Waals surface area contributed by atoms with Gasteiger partial charge in [0, 0.05) is 23.1 Å². The Labute approximate surface area is 173 Å². The van der Waals surface area contributed by atoms with E-state index in [0.717, 1.165) is 29.9 Å². The molecule has 3 aromatic carbocycles. The average molecular weight is 386 g/mol. The van der Waals surface area contributed by atoms with Crippen molar-refractivity contribution in [3.63, 3.8) is 0 Å². The molecule has 0 aliphatic heterocycles. The zero-order valence-corrected chi connectivity index (χ0v) is 17.1. The fraction of sp³-hybridized carbons (Fsp3) is 0.192. The Bertz CT molecular complexity index is 931. The molecule has 0 N–H and O–H groups in total. The molecule has 3 nitrogen and oxygen atoms in total. The number of hydrogen-bond acceptors (Lipinski definition) is 3. The molecule has 0 aromatic heterocycles. The highest BCUT2D eigenvalue weighted by Gasteiger charge is 2.12. The van der Waals surface area contributed by atoms with Gasteiger partial charge in [0.25, 0.3) is 0 Å². The summed E-state index contributed by atoms with van der Waals surface area (Å²) >= 11 is 0. The Morgan fingerprint density at radius 3 is 2.00 bits per heavy atom. The molecular weight excluding hydrogens is 358 g/mol. The number of aryl methyl sites for hydroxylation is 3. The van der Waals surface area contributed by atoms with E-state index >= 15 is 0 Å². The second-order valence-corrected chi connectivity index (χ2v) is 7.16. The standard InChI is InChI=1S/C26H27NO2/c1-4-26(28)29-17-7-10-22-13-15-23(16-14-22)27(24-11-5-8-20(2)18-24)25-12-6-9-21(3)19-25/h4-6,8-9,11-16,18-19H,1,7,10,17H2,2-3H3. The summed E-state index contributed by atoms with van der Waals surface area (Å²) in [6.07, 6.45) is 2.85. The first-order valence-electron chi connectivity index (χ1n) is 9.88.